The van der Waals surface area contributed by atoms with Gasteiger partial charge in [-0.05, 0) is 23.1 Å². The summed E-state index contributed by atoms with van der Waals surface area (Å²) in [6, 6.07) is 24.5. The number of ketones is 3. The first-order valence-electron chi connectivity index (χ1n) is 18.3. The van der Waals surface area contributed by atoms with Crippen molar-refractivity contribution in [2.45, 2.75) is 6.42 Å². The molecule has 316 valence electrons. The van der Waals surface area contributed by atoms with Crippen LogP contribution in [0.15, 0.2) is 115 Å². The number of rotatable bonds is 8. The van der Waals surface area contributed by atoms with Gasteiger partial charge in [-0.3, -0.25) is 28.0 Å². The molecule has 64 heavy (non-hydrogen) atoms. The van der Waals surface area contributed by atoms with Crippen LogP contribution >= 0.6 is 0 Å². The van der Waals surface area contributed by atoms with Crippen molar-refractivity contribution in [1.29, 1.82) is 0 Å². The molecule has 0 fully saturated rings. The van der Waals surface area contributed by atoms with Crippen LogP contribution in [0.1, 0.15) is 75.6 Å². The molecule has 3 aliphatic carbocycles. The van der Waals surface area contributed by atoms with E-state index >= 15 is 0 Å². The molecule has 0 saturated carbocycles. The lowest BCUT2D eigenvalue weighted by atomic mass is 9.73. The largest absolute Gasteiger partial charge is 0.371 e. The molecule has 3 N–H and O–H groups in total. The van der Waals surface area contributed by atoms with Crippen molar-refractivity contribution in [3.63, 3.8) is 0 Å². The molecule has 3 aliphatic rings. The summed E-state index contributed by atoms with van der Waals surface area (Å²) < 4.78 is 116. The first kappa shape index (κ1) is 42.9. The minimum atomic E-state index is -5.74. The van der Waals surface area contributed by atoms with Crippen molar-refractivity contribution in [3.8, 4) is 0 Å². The minimum absolute atomic E-state index is 0.181. The van der Waals surface area contributed by atoms with E-state index in [1.165, 1.54) is 36.4 Å². The van der Waals surface area contributed by atoms with Crippen molar-refractivity contribution in [2.75, 3.05) is 0 Å². The SMILES string of the molecule is [N-]=[N+]=C1C(=O)c2ccccc2C(S(=O)(=O)O)=C1c1ccc(Cc2ccccc2)c(C2=C(S(=O)(=O)O)c3ccccc3C(=O)C2=[N+]=[N-])c1C1=C(S(=O)(=O)O)c2ccccc2C(=O)C1=[N+]=[N-]. The van der Waals surface area contributed by atoms with Gasteiger partial charge in [-0.25, -0.2) is 0 Å². The Morgan fingerprint density at radius 1 is 0.391 bits per heavy atom. The number of fused-ring (bicyclic) bond motifs is 3. The summed E-state index contributed by atoms with van der Waals surface area (Å²) in [7, 11) is -17.0. The Morgan fingerprint density at radius 2 is 0.719 bits per heavy atom. The number of carbonyl (C=O) groups excluding carboxylic acids is 3. The number of Topliss-reactive ketones (excluding diaryl/α,β-unsaturated/α-hetero) is 3. The molecule has 5 aromatic carbocycles. The van der Waals surface area contributed by atoms with E-state index in [0.29, 0.717) is 5.56 Å². The second kappa shape index (κ2) is 15.5. The zero-order valence-electron chi connectivity index (χ0n) is 32.1. The van der Waals surface area contributed by atoms with Crippen molar-refractivity contribution in [1.82, 2.24) is 0 Å². The zero-order valence-corrected chi connectivity index (χ0v) is 34.6. The van der Waals surface area contributed by atoms with Crippen LogP contribution in [0.5, 0.6) is 0 Å². The number of hydrogen-bond acceptors (Lipinski definition) is 9. The molecule has 5 aromatic rings. The van der Waals surface area contributed by atoms with Gasteiger partial charge in [0.05, 0.1) is 16.7 Å². The molecule has 0 radical (unpaired) electrons. The maximum atomic E-state index is 14.4. The second-order valence-electron chi connectivity index (χ2n) is 14.2. The Morgan fingerprint density at radius 3 is 1.09 bits per heavy atom. The smallest absolute Gasteiger partial charge is 0.361 e. The normalized spacial score (nSPS) is 15.4. The van der Waals surface area contributed by atoms with Crippen molar-refractivity contribution >= 4 is 96.3 Å². The number of hydrogen-bond donors (Lipinski definition) is 3. The predicted octanol–water partition coefficient (Wildman–Crippen LogP) is 5.15. The summed E-state index contributed by atoms with van der Waals surface area (Å²) >= 11 is 0. The van der Waals surface area contributed by atoms with Gasteiger partial charge >= 0.3 is 17.1 Å². The highest BCUT2D eigenvalue weighted by Crippen LogP contribution is 2.50. The molecule has 0 spiro atoms. The monoisotopic (exact) mass is 912 g/mol. The predicted molar refractivity (Wildman–Crippen MR) is 229 cm³/mol. The molecule has 21 heteroatoms. The maximum Gasteiger partial charge on any atom is 0.371 e. The van der Waals surface area contributed by atoms with E-state index in [2.05, 4.69) is 14.4 Å². The highest BCUT2D eigenvalue weighted by Gasteiger charge is 2.51. The third-order valence-corrected chi connectivity index (χ3v) is 13.5. The van der Waals surface area contributed by atoms with Gasteiger partial charge in [-0.15, -0.1) is 0 Å². The van der Waals surface area contributed by atoms with Crippen LogP contribution in [0.4, 0.5) is 0 Å². The van der Waals surface area contributed by atoms with Crippen LogP contribution in [-0.2, 0) is 36.8 Å². The lowest BCUT2D eigenvalue weighted by Crippen LogP contribution is -2.32. The van der Waals surface area contributed by atoms with Crippen LogP contribution in [0.2, 0.25) is 0 Å². The highest BCUT2D eigenvalue weighted by atomic mass is 32.2. The number of allylic oxidation sites excluding steroid dienone is 3. The first-order chi connectivity index (χ1) is 30.3. The number of nitrogens with zero attached hydrogens (tertiary/aromatic N) is 6. The van der Waals surface area contributed by atoms with Gasteiger partial charge in [0.25, 0.3) is 47.7 Å². The van der Waals surface area contributed by atoms with Crippen LogP contribution in [0.3, 0.4) is 0 Å². The maximum absolute atomic E-state index is 14.4. The number of benzene rings is 5. The molecule has 0 bridgehead atoms. The molecule has 0 heterocycles. The fraction of sp³-hybridized carbons (Fsp3) is 0.0233. The molecule has 0 atom stereocenters. The number of carbonyl (C=O) groups is 3. The van der Waals surface area contributed by atoms with Gasteiger partial charge in [0.1, 0.15) is 14.7 Å². The van der Waals surface area contributed by atoms with Crippen molar-refractivity contribution in [3.05, 3.63) is 193 Å². The van der Waals surface area contributed by atoms with Crippen molar-refractivity contribution in [2.24, 2.45) is 0 Å². The Labute approximate surface area is 361 Å². The Bertz CT molecular complexity index is 3670. The third-order valence-electron chi connectivity index (χ3n) is 10.7. The van der Waals surface area contributed by atoms with Gasteiger partial charge in [-0.2, -0.15) is 39.6 Å². The molecular formula is C43H24N6O12S3. The van der Waals surface area contributed by atoms with Crippen molar-refractivity contribution < 1.29 is 67.7 Å². The first-order valence-corrected chi connectivity index (χ1v) is 22.6. The fourth-order valence-electron chi connectivity index (χ4n) is 8.25. The van der Waals surface area contributed by atoms with E-state index in [1.807, 2.05) is 0 Å². The van der Waals surface area contributed by atoms with E-state index in [0.717, 1.165) is 48.5 Å². The molecular weight excluding hydrogens is 889 g/mol. The van der Waals surface area contributed by atoms with Gasteiger partial charge in [0, 0.05) is 44.5 Å². The molecule has 0 amide bonds. The van der Waals surface area contributed by atoms with E-state index < -0.39 is 146 Å². The van der Waals surface area contributed by atoms with Gasteiger partial charge in [-0.1, -0.05) is 115 Å². The average molecular weight is 913 g/mol. The summed E-state index contributed by atoms with van der Waals surface area (Å²) in [6.45, 7) is 0. The van der Waals surface area contributed by atoms with E-state index in [-0.39, 0.29) is 12.0 Å². The van der Waals surface area contributed by atoms with E-state index in [4.69, 9.17) is 0 Å². The quantitative estimate of drug-likeness (QED) is 0.103. The molecule has 18 nitrogen and oxygen atoms in total. The lowest BCUT2D eigenvalue weighted by Gasteiger charge is -2.27. The topological polar surface area (TPSA) is 324 Å². The third kappa shape index (κ3) is 6.80. The fourth-order valence-corrected chi connectivity index (χ4v) is 11.0. The summed E-state index contributed by atoms with van der Waals surface area (Å²) in [6.07, 6.45) is -0.349. The van der Waals surface area contributed by atoms with Crippen LogP contribution < -0.4 is 0 Å². The van der Waals surface area contributed by atoms with Gasteiger partial charge < -0.3 is 16.6 Å². The minimum Gasteiger partial charge on any atom is -0.361 e. The molecule has 0 aliphatic heterocycles. The van der Waals surface area contributed by atoms with Crippen LogP contribution in [-0.4, -0.2) is 87.8 Å². The van der Waals surface area contributed by atoms with Gasteiger partial charge in [0.2, 0.25) is 0 Å². The summed E-state index contributed by atoms with van der Waals surface area (Å²) in [5, 5.41) is 0. The van der Waals surface area contributed by atoms with E-state index in [9.17, 15) is 69.9 Å². The lowest BCUT2D eigenvalue weighted by molar-refractivity contribution is -0.00393. The summed E-state index contributed by atoms with van der Waals surface area (Å²) in [4.78, 5) is 48.8. The Balaban J connectivity index is 1.78. The Kier molecular flexibility index (Phi) is 10.4. The molecule has 8 rings (SSSR count). The van der Waals surface area contributed by atoms with Gasteiger partial charge in [0.15, 0.2) is 0 Å². The van der Waals surface area contributed by atoms with E-state index in [1.54, 1.807) is 30.3 Å². The Hall–Kier alpha value is -7.80. The summed E-state index contributed by atoms with van der Waals surface area (Å²) in [5.41, 5.74) is 20.2. The standard InChI is InChI=1S/C43H24N6O12S3/c44-47-35-32(41(62(53,54)55)26-15-7-4-12-23(26)38(35)50)29-19-18-22(20-21-10-2-1-3-11-21)30(33-36(48-45)39(51)24-13-5-8-16-27(24)42(33)63(56,57)58)31(29)34-37(49-46)40(52)25-14-6-9-17-28(25)43(34)64(59,60)61/h1-19H,20H2,(H,53,54,55)(H,56,57,58)(H,59,60,61). The molecule has 0 saturated heterocycles. The summed E-state index contributed by atoms with van der Waals surface area (Å²) in [5.74, 6) is -3.63. The molecule has 0 unspecified atom stereocenters. The molecule has 0 aromatic heterocycles. The second-order valence-corrected chi connectivity index (χ2v) is 18.3. The van der Waals surface area contributed by atoms with Crippen LogP contribution in [0, 0.1) is 0 Å². The zero-order chi connectivity index (χ0) is 46.0. The van der Waals surface area contributed by atoms with Crippen LogP contribution in [0.25, 0.3) is 48.0 Å². The highest BCUT2D eigenvalue weighted by molar-refractivity contribution is 7.96. The average Bonchev–Trinajstić information content (AvgIpc) is 3.25.